The molecule has 1 unspecified atom stereocenters. The van der Waals surface area contributed by atoms with Gasteiger partial charge in [-0.1, -0.05) is 36.4 Å². The molecule has 1 aliphatic rings. The number of carbonyl (C=O) groups excluding carboxylic acids is 3. The number of hydrazine groups is 1. The summed E-state index contributed by atoms with van der Waals surface area (Å²) in [7, 11) is -3.86. The van der Waals surface area contributed by atoms with Crippen molar-refractivity contribution in [1.82, 2.24) is 20.5 Å². The molecule has 0 radical (unpaired) electrons. The maximum absolute atomic E-state index is 12.6. The molecule has 1 atom stereocenters. The highest BCUT2D eigenvalue weighted by Crippen LogP contribution is 2.20. The van der Waals surface area contributed by atoms with E-state index in [9.17, 15) is 22.8 Å². The molecule has 1 fully saturated rings. The Morgan fingerprint density at radius 2 is 1.80 bits per heavy atom. The van der Waals surface area contributed by atoms with Crippen molar-refractivity contribution in [1.29, 1.82) is 0 Å². The third-order valence-electron chi connectivity index (χ3n) is 5.53. The van der Waals surface area contributed by atoms with Crippen molar-refractivity contribution in [2.45, 2.75) is 24.4 Å². The van der Waals surface area contributed by atoms with Gasteiger partial charge < -0.3 is 9.32 Å². The lowest BCUT2D eigenvalue weighted by Gasteiger charge is -2.15. The number of hydrogen-bond acceptors (Lipinski definition) is 6. The van der Waals surface area contributed by atoms with Gasteiger partial charge in [-0.2, -0.15) is 0 Å². The summed E-state index contributed by atoms with van der Waals surface area (Å²) in [6.07, 6.45) is 1.53. The van der Waals surface area contributed by atoms with E-state index < -0.39 is 27.8 Å². The predicted molar refractivity (Wildman–Crippen MR) is 125 cm³/mol. The summed E-state index contributed by atoms with van der Waals surface area (Å²) in [6, 6.07) is 18.0. The smallest absolute Gasteiger partial charge is 0.269 e. The Morgan fingerprint density at radius 3 is 2.54 bits per heavy atom. The van der Waals surface area contributed by atoms with Crippen molar-refractivity contribution in [3.8, 4) is 0 Å². The topological polar surface area (TPSA) is 138 Å². The van der Waals surface area contributed by atoms with Gasteiger partial charge in [0, 0.05) is 25.1 Å². The molecule has 10 nitrogen and oxygen atoms in total. The Kier molecular flexibility index (Phi) is 7.28. The number of carbonyl (C=O) groups is 3. The van der Waals surface area contributed by atoms with Crippen LogP contribution < -0.4 is 15.6 Å². The molecule has 0 aliphatic carbocycles. The normalized spacial score (nSPS) is 15.7. The zero-order chi connectivity index (χ0) is 24.8. The Hall–Kier alpha value is -3.96. The molecule has 35 heavy (non-hydrogen) atoms. The summed E-state index contributed by atoms with van der Waals surface area (Å²) < 4.78 is 33.0. The van der Waals surface area contributed by atoms with Crippen molar-refractivity contribution in [2.75, 3.05) is 6.54 Å². The number of nitrogens with one attached hydrogen (secondary N) is 3. The number of nitrogens with zero attached hydrogens (tertiary/aromatic N) is 1. The van der Waals surface area contributed by atoms with E-state index in [1.807, 2.05) is 6.07 Å². The molecule has 0 saturated carbocycles. The van der Waals surface area contributed by atoms with Crippen LogP contribution in [0.25, 0.3) is 0 Å². The van der Waals surface area contributed by atoms with Crippen molar-refractivity contribution >= 4 is 27.7 Å². The Morgan fingerprint density at radius 1 is 1.00 bits per heavy atom. The third kappa shape index (κ3) is 6.14. The summed E-state index contributed by atoms with van der Waals surface area (Å²) in [6.45, 7) is 0.566. The van der Waals surface area contributed by atoms with Crippen LogP contribution in [0.5, 0.6) is 0 Å². The SMILES string of the molecule is O=C(NNC(=O)C1CC(=O)N(Cc2ccco2)C1)c1cccc(S(=O)(=O)NCc2ccccc2)c1. The Balaban J connectivity index is 1.31. The van der Waals surface area contributed by atoms with Gasteiger partial charge >= 0.3 is 0 Å². The van der Waals surface area contributed by atoms with Gasteiger partial charge in [-0.15, -0.1) is 0 Å². The fraction of sp³-hybridized carbons (Fsp3) is 0.208. The molecule has 2 heterocycles. The van der Waals surface area contributed by atoms with Crippen LogP contribution in [-0.2, 0) is 32.7 Å². The second-order valence-electron chi connectivity index (χ2n) is 8.04. The number of furan rings is 1. The maximum atomic E-state index is 12.6. The van der Waals surface area contributed by atoms with Gasteiger partial charge in [0.15, 0.2) is 0 Å². The van der Waals surface area contributed by atoms with E-state index in [-0.39, 0.29) is 42.4 Å². The Bertz CT molecular complexity index is 1310. The fourth-order valence-electron chi connectivity index (χ4n) is 3.65. The summed E-state index contributed by atoms with van der Waals surface area (Å²) in [5, 5.41) is 0. The zero-order valence-corrected chi connectivity index (χ0v) is 19.5. The van der Waals surface area contributed by atoms with Crippen LogP contribution in [0.15, 0.2) is 82.3 Å². The molecule has 11 heteroatoms. The van der Waals surface area contributed by atoms with Crippen molar-refractivity contribution in [3.05, 3.63) is 89.9 Å². The fourth-order valence-corrected chi connectivity index (χ4v) is 4.71. The van der Waals surface area contributed by atoms with Crippen molar-refractivity contribution in [3.63, 3.8) is 0 Å². The lowest BCUT2D eigenvalue weighted by atomic mass is 10.1. The minimum atomic E-state index is -3.86. The molecule has 3 amide bonds. The lowest BCUT2D eigenvalue weighted by Crippen LogP contribution is -2.45. The molecular weight excluding hydrogens is 472 g/mol. The van der Waals surface area contributed by atoms with E-state index in [0.29, 0.717) is 5.76 Å². The summed E-state index contributed by atoms with van der Waals surface area (Å²) in [5.74, 6) is -1.40. The van der Waals surface area contributed by atoms with Crippen LogP contribution in [0.1, 0.15) is 28.1 Å². The van der Waals surface area contributed by atoms with Crippen molar-refractivity contribution in [2.24, 2.45) is 5.92 Å². The zero-order valence-electron chi connectivity index (χ0n) is 18.6. The first-order valence-corrected chi connectivity index (χ1v) is 12.3. The summed E-state index contributed by atoms with van der Waals surface area (Å²) in [5.41, 5.74) is 5.45. The van der Waals surface area contributed by atoms with Gasteiger partial charge in [0.2, 0.25) is 21.8 Å². The second-order valence-corrected chi connectivity index (χ2v) is 9.80. The van der Waals surface area contributed by atoms with Gasteiger partial charge in [0.05, 0.1) is 23.6 Å². The Labute approximate surface area is 202 Å². The highest BCUT2D eigenvalue weighted by molar-refractivity contribution is 7.89. The largest absolute Gasteiger partial charge is 0.467 e. The number of likely N-dealkylation sites (tertiary alicyclic amines) is 1. The van der Waals surface area contributed by atoms with Gasteiger partial charge in [0.25, 0.3) is 5.91 Å². The average Bonchev–Trinajstić information content (AvgIpc) is 3.52. The first-order valence-electron chi connectivity index (χ1n) is 10.9. The van der Waals surface area contributed by atoms with Crippen LogP contribution in [-0.4, -0.2) is 37.6 Å². The maximum Gasteiger partial charge on any atom is 0.269 e. The van der Waals surface area contributed by atoms with E-state index >= 15 is 0 Å². The van der Waals surface area contributed by atoms with Gasteiger partial charge in [0.1, 0.15) is 5.76 Å². The molecule has 182 valence electrons. The standard InChI is InChI=1S/C24H24N4O6S/c29-22-13-19(15-28(22)16-20-9-5-11-34-20)24(31)27-26-23(30)18-8-4-10-21(12-18)35(32,33)25-14-17-6-2-1-3-7-17/h1-12,19,25H,13-16H2,(H,26,30)(H,27,31). The lowest BCUT2D eigenvalue weighted by molar-refractivity contribution is -0.129. The molecular formula is C24H24N4O6S. The second kappa shape index (κ2) is 10.5. The van der Waals surface area contributed by atoms with E-state index in [1.54, 1.807) is 36.4 Å². The third-order valence-corrected chi connectivity index (χ3v) is 6.93. The first kappa shape index (κ1) is 24.2. The van der Waals surface area contributed by atoms with Gasteiger partial charge in [-0.3, -0.25) is 25.2 Å². The molecule has 1 aromatic heterocycles. The van der Waals surface area contributed by atoms with Crippen molar-refractivity contribution < 1.29 is 27.2 Å². The van der Waals surface area contributed by atoms with Crippen LogP contribution in [0.3, 0.4) is 0 Å². The molecule has 0 spiro atoms. The molecule has 3 N–H and O–H groups in total. The minimum Gasteiger partial charge on any atom is -0.467 e. The number of rotatable bonds is 8. The van der Waals surface area contributed by atoms with Gasteiger partial charge in [-0.05, 0) is 35.9 Å². The van der Waals surface area contributed by atoms with Crippen LogP contribution in [0.2, 0.25) is 0 Å². The van der Waals surface area contributed by atoms with Crippen LogP contribution >= 0.6 is 0 Å². The van der Waals surface area contributed by atoms with E-state index in [1.165, 1.54) is 35.4 Å². The number of hydrogen-bond donors (Lipinski definition) is 3. The minimum absolute atomic E-state index is 0.0171. The summed E-state index contributed by atoms with van der Waals surface area (Å²) >= 11 is 0. The number of sulfonamides is 1. The van der Waals surface area contributed by atoms with E-state index in [0.717, 1.165) is 5.56 Å². The predicted octanol–water partition coefficient (Wildman–Crippen LogP) is 1.57. The molecule has 2 aromatic carbocycles. The van der Waals surface area contributed by atoms with Crippen LogP contribution in [0.4, 0.5) is 0 Å². The molecule has 1 aliphatic heterocycles. The van der Waals surface area contributed by atoms with E-state index in [4.69, 9.17) is 4.42 Å². The quantitative estimate of drug-likeness (QED) is 0.405. The summed E-state index contributed by atoms with van der Waals surface area (Å²) in [4.78, 5) is 38.7. The average molecular weight is 497 g/mol. The van der Waals surface area contributed by atoms with E-state index in [2.05, 4.69) is 15.6 Å². The number of benzene rings is 2. The molecule has 1 saturated heterocycles. The number of amides is 3. The highest BCUT2D eigenvalue weighted by Gasteiger charge is 2.34. The highest BCUT2D eigenvalue weighted by atomic mass is 32.2. The van der Waals surface area contributed by atoms with Gasteiger partial charge in [-0.25, -0.2) is 13.1 Å². The molecule has 4 rings (SSSR count). The monoisotopic (exact) mass is 496 g/mol. The van der Waals surface area contributed by atoms with Crippen LogP contribution in [0, 0.1) is 5.92 Å². The molecule has 0 bridgehead atoms. The first-order chi connectivity index (χ1) is 16.8. The molecule has 3 aromatic rings.